The van der Waals surface area contributed by atoms with Gasteiger partial charge in [0.05, 0.1) is 13.2 Å². The SMILES string of the molecule is CCCCCCCCOP(=S)(S)OCCCCCCCC.NCCN.NCCN.NCCN. The van der Waals surface area contributed by atoms with Crippen LogP contribution in [0, 0.1) is 0 Å². The Morgan fingerprint density at radius 3 is 1.00 bits per heavy atom. The maximum absolute atomic E-state index is 5.65. The molecule has 206 valence electrons. The number of hydrogen-bond donors (Lipinski definition) is 7. The quantitative estimate of drug-likeness (QED) is 0.0741. The first-order valence-electron chi connectivity index (χ1n) is 12.7. The lowest BCUT2D eigenvalue weighted by Gasteiger charge is -2.16. The van der Waals surface area contributed by atoms with Crippen molar-refractivity contribution in [3.8, 4) is 0 Å². The second kappa shape index (κ2) is 39.9. The molecule has 0 unspecified atom stereocenters. The van der Waals surface area contributed by atoms with Gasteiger partial charge in [-0.25, -0.2) is 0 Å². The third-order valence-electron chi connectivity index (χ3n) is 4.00. The molecule has 0 aliphatic rings. The summed E-state index contributed by atoms with van der Waals surface area (Å²) in [6.07, 6.45) is 15.1. The molecule has 0 aromatic carbocycles. The Balaban J connectivity index is -0.000000287. The molecule has 8 nitrogen and oxygen atoms in total. The maximum Gasteiger partial charge on any atom is 0.244 e. The average molecular weight is 535 g/mol. The van der Waals surface area contributed by atoms with E-state index in [2.05, 4.69) is 26.1 Å². The molecule has 0 saturated carbocycles. The molecule has 33 heavy (non-hydrogen) atoms. The number of unbranched alkanes of at least 4 members (excludes halogenated alkanes) is 10. The molecule has 11 heteroatoms. The highest BCUT2D eigenvalue weighted by molar-refractivity contribution is 8.60. The van der Waals surface area contributed by atoms with Gasteiger partial charge in [-0.2, -0.15) is 0 Å². The molecule has 0 heterocycles. The smallest absolute Gasteiger partial charge is 0.244 e. The van der Waals surface area contributed by atoms with E-state index in [0.29, 0.717) is 52.5 Å². The summed E-state index contributed by atoms with van der Waals surface area (Å²) in [5.41, 5.74) is 27.1. The molecule has 0 fully saturated rings. The first-order chi connectivity index (χ1) is 15.9. The summed E-state index contributed by atoms with van der Waals surface area (Å²) < 4.78 is 11.3. The monoisotopic (exact) mass is 534 g/mol. The fourth-order valence-electron chi connectivity index (χ4n) is 2.16. The minimum absolute atomic E-state index is 0.597. The average Bonchev–Trinajstić information content (AvgIpc) is 2.83. The van der Waals surface area contributed by atoms with Gasteiger partial charge in [0, 0.05) is 39.3 Å². The summed E-state index contributed by atoms with van der Waals surface area (Å²) in [5.74, 6) is 0. The van der Waals surface area contributed by atoms with Crippen molar-refractivity contribution in [2.24, 2.45) is 34.4 Å². The highest BCUT2D eigenvalue weighted by Crippen LogP contribution is 2.53. The molecule has 0 aromatic heterocycles. The Bertz CT molecular complexity index is 325. The first kappa shape index (κ1) is 40.8. The van der Waals surface area contributed by atoms with E-state index in [1.807, 2.05) is 0 Å². The van der Waals surface area contributed by atoms with Crippen LogP contribution in [0.2, 0.25) is 0 Å². The van der Waals surface area contributed by atoms with Crippen molar-refractivity contribution >= 4 is 29.7 Å². The van der Waals surface area contributed by atoms with E-state index in [9.17, 15) is 0 Å². The molecule has 0 rings (SSSR count). The lowest BCUT2D eigenvalue weighted by Crippen LogP contribution is -2.11. The van der Waals surface area contributed by atoms with Gasteiger partial charge in [-0.3, -0.25) is 0 Å². The third-order valence-corrected chi connectivity index (χ3v) is 6.35. The van der Waals surface area contributed by atoms with Crippen molar-refractivity contribution in [3.63, 3.8) is 0 Å². The topological polar surface area (TPSA) is 175 Å². The second-order valence-corrected chi connectivity index (χ2v) is 12.7. The van der Waals surface area contributed by atoms with Crippen molar-refractivity contribution in [1.29, 1.82) is 0 Å². The minimum atomic E-state index is -2.29. The molecular formula is C22H59N6O2PS2. The lowest BCUT2D eigenvalue weighted by molar-refractivity contribution is 0.250. The summed E-state index contributed by atoms with van der Waals surface area (Å²) in [5, 5.41) is 0. The number of thiol groups is 1. The number of hydrogen-bond acceptors (Lipinski definition) is 9. The summed E-state index contributed by atoms with van der Waals surface area (Å²) in [6, 6.07) is 0. The maximum atomic E-state index is 5.65. The van der Waals surface area contributed by atoms with E-state index < -0.39 is 5.69 Å². The Hall–Kier alpha value is 0.680. The fraction of sp³-hybridized carbons (Fsp3) is 1.00. The van der Waals surface area contributed by atoms with Gasteiger partial charge in [0.15, 0.2) is 0 Å². The van der Waals surface area contributed by atoms with Crippen LogP contribution in [0.3, 0.4) is 0 Å². The highest BCUT2D eigenvalue weighted by atomic mass is 32.9. The molecule has 0 bridgehead atoms. The summed E-state index contributed by atoms with van der Waals surface area (Å²) in [4.78, 5) is 0. The van der Waals surface area contributed by atoms with Crippen molar-refractivity contribution in [2.75, 3.05) is 52.5 Å². The fourth-order valence-corrected chi connectivity index (χ4v) is 3.89. The Kier molecular flexibility index (Phi) is 49.3. The van der Waals surface area contributed by atoms with E-state index in [0.717, 1.165) is 12.8 Å². The molecule has 12 N–H and O–H groups in total. The van der Waals surface area contributed by atoms with E-state index >= 15 is 0 Å². The van der Waals surface area contributed by atoms with Crippen LogP contribution in [0.4, 0.5) is 0 Å². The summed E-state index contributed by atoms with van der Waals surface area (Å²) in [6.45, 7) is 9.45. The highest BCUT2D eigenvalue weighted by Gasteiger charge is 2.12. The standard InChI is InChI=1S/C16H35O2PS2.3C2H8N2/c1-3-5-7-9-11-13-15-17-19(20,21)18-16-14-12-10-8-6-4-2;3*3-1-2-4/h3-16H2,1-2H3,(H,20,21);3*1-4H2. The van der Waals surface area contributed by atoms with Crippen molar-refractivity contribution in [1.82, 2.24) is 0 Å². The van der Waals surface area contributed by atoms with Crippen molar-refractivity contribution < 1.29 is 9.05 Å². The molecule has 0 radical (unpaired) electrons. The van der Waals surface area contributed by atoms with Crippen LogP contribution in [-0.4, -0.2) is 52.5 Å². The number of rotatable bonds is 19. The van der Waals surface area contributed by atoms with Gasteiger partial charge in [0.1, 0.15) is 0 Å². The zero-order valence-corrected chi connectivity index (χ0v) is 24.3. The van der Waals surface area contributed by atoms with Crippen LogP contribution in [0.5, 0.6) is 0 Å². The minimum Gasteiger partial charge on any atom is -0.329 e. The Labute approximate surface area is 216 Å². The molecule has 0 atom stereocenters. The van der Waals surface area contributed by atoms with E-state index in [1.165, 1.54) is 64.2 Å². The molecule has 0 aromatic rings. The first-order valence-corrected chi connectivity index (χ1v) is 16.5. The van der Waals surface area contributed by atoms with Gasteiger partial charge in [-0.15, -0.1) is 0 Å². The largest absolute Gasteiger partial charge is 0.329 e. The normalized spacial score (nSPS) is 10.3. The number of nitrogens with two attached hydrogens (primary N) is 6. The zero-order valence-electron chi connectivity index (χ0n) is 21.7. The van der Waals surface area contributed by atoms with E-state index in [1.54, 1.807) is 0 Å². The van der Waals surface area contributed by atoms with Gasteiger partial charge in [0.25, 0.3) is 0 Å². The zero-order chi connectivity index (χ0) is 26.1. The van der Waals surface area contributed by atoms with E-state index in [4.69, 9.17) is 55.3 Å². The van der Waals surface area contributed by atoms with Gasteiger partial charge in [-0.05, 0) is 24.6 Å². The molecule has 0 spiro atoms. The van der Waals surface area contributed by atoms with Gasteiger partial charge >= 0.3 is 0 Å². The van der Waals surface area contributed by atoms with Crippen LogP contribution in [-0.2, 0) is 20.9 Å². The molecule has 0 aliphatic carbocycles. The van der Waals surface area contributed by atoms with Gasteiger partial charge in [-0.1, -0.05) is 90.3 Å². The van der Waals surface area contributed by atoms with E-state index in [-0.39, 0.29) is 0 Å². The predicted molar refractivity (Wildman–Crippen MR) is 156 cm³/mol. The molecule has 0 saturated heterocycles. The van der Waals surface area contributed by atoms with Crippen molar-refractivity contribution in [3.05, 3.63) is 0 Å². The molecule has 0 amide bonds. The predicted octanol–water partition coefficient (Wildman–Crippen LogP) is 3.61. The van der Waals surface area contributed by atoms with Crippen LogP contribution in [0.15, 0.2) is 0 Å². The Morgan fingerprint density at radius 1 is 0.515 bits per heavy atom. The molecular weight excluding hydrogens is 475 g/mol. The van der Waals surface area contributed by atoms with Crippen LogP contribution in [0.25, 0.3) is 0 Å². The lowest BCUT2D eigenvalue weighted by atomic mass is 10.1. The Morgan fingerprint density at radius 2 is 0.758 bits per heavy atom. The van der Waals surface area contributed by atoms with Gasteiger partial charge in [0.2, 0.25) is 5.69 Å². The van der Waals surface area contributed by atoms with Crippen LogP contribution in [0.1, 0.15) is 90.9 Å². The van der Waals surface area contributed by atoms with Gasteiger partial charge < -0.3 is 43.4 Å². The second-order valence-electron chi connectivity index (χ2n) is 7.40. The summed E-state index contributed by atoms with van der Waals surface area (Å²) >= 11 is 9.70. The summed E-state index contributed by atoms with van der Waals surface area (Å²) in [7, 11) is 0. The van der Waals surface area contributed by atoms with Crippen LogP contribution >= 0.6 is 17.9 Å². The third kappa shape index (κ3) is 54.9. The molecule has 0 aliphatic heterocycles. The van der Waals surface area contributed by atoms with Crippen LogP contribution < -0.4 is 34.4 Å². The van der Waals surface area contributed by atoms with Crippen molar-refractivity contribution in [2.45, 2.75) is 90.9 Å².